The van der Waals surface area contributed by atoms with Gasteiger partial charge in [0.05, 0.1) is 35.6 Å². The van der Waals surface area contributed by atoms with E-state index in [0.29, 0.717) is 29.7 Å². The van der Waals surface area contributed by atoms with E-state index in [1.807, 2.05) is 78.9 Å². The van der Waals surface area contributed by atoms with Gasteiger partial charge in [-0.25, -0.2) is 4.68 Å². The fraction of sp³-hybridized carbons (Fsp3) is 0.281. The Balaban J connectivity index is 1.52. The third-order valence-electron chi connectivity index (χ3n) is 7.49. The van der Waals surface area contributed by atoms with Gasteiger partial charge in [-0.2, -0.15) is 5.10 Å². The zero-order valence-corrected chi connectivity index (χ0v) is 24.7. The van der Waals surface area contributed by atoms with E-state index in [1.54, 1.807) is 16.7 Å². The first kappa shape index (κ1) is 28.3. The molecule has 1 N–H and O–H groups in total. The van der Waals surface area contributed by atoms with Crippen LogP contribution in [-0.2, 0) is 14.3 Å². The monoisotopic (exact) mass is 602 g/mol. The molecule has 0 spiro atoms. The minimum absolute atomic E-state index is 0.000912. The van der Waals surface area contributed by atoms with Crippen LogP contribution in [0.4, 0.5) is 5.82 Å². The highest BCUT2D eigenvalue weighted by atomic mass is 35.5. The molecule has 1 saturated heterocycles. The normalized spacial score (nSPS) is 18.4. The van der Waals surface area contributed by atoms with Crippen LogP contribution in [0, 0.1) is 0 Å². The maximum Gasteiger partial charge on any atom is 0.240 e. The summed E-state index contributed by atoms with van der Waals surface area (Å²) in [7, 11) is 1.61. The topological polar surface area (TPSA) is 85.7 Å². The molecule has 1 fully saturated rings. The Morgan fingerprint density at radius 3 is 2.57 bits per heavy atom. The van der Waals surface area contributed by atoms with Gasteiger partial charge in [-0.3, -0.25) is 14.5 Å². The van der Waals surface area contributed by atoms with Gasteiger partial charge in [-0.1, -0.05) is 60.1 Å². The number of rotatable bonds is 8. The predicted octanol–water partition coefficient (Wildman–Crippen LogP) is 5.67. The van der Waals surface area contributed by atoms with Crippen LogP contribution in [-0.4, -0.2) is 60.3 Å². The molecule has 0 unspecified atom stereocenters. The van der Waals surface area contributed by atoms with Gasteiger partial charge in [0, 0.05) is 29.3 Å². The molecule has 2 atom stereocenters. The number of nitrogens with zero attached hydrogens (tertiary/aromatic N) is 3. The van der Waals surface area contributed by atoms with Crippen LogP contribution in [0.1, 0.15) is 29.2 Å². The number of halogens is 1. The Labute approximate surface area is 253 Å². The number of benzene rings is 3. The van der Waals surface area contributed by atoms with Crippen LogP contribution in [0.25, 0.3) is 16.9 Å². The van der Waals surface area contributed by atoms with Crippen molar-refractivity contribution in [2.24, 2.45) is 0 Å². The number of anilines is 1. The third kappa shape index (κ3) is 5.77. The lowest BCUT2D eigenvalue weighted by Crippen LogP contribution is -2.44. The van der Waals surface area contributed by atoms with Crippen LogP contribution in [0.2, 0.25) is 5.02 Å². The predicted molar refractivity (Wildman–Crippen MR) is 166 cm³/mol. The minimum Gasteiger partial charge on any atom is -0.497 e. The summed E-state index contributed by atoms with van der Waals surface area (Å²) in [6.45, 7) is 0.973. The molecule has 42 heavy (non-hydrogen) atoms. The summed E-state index contributed by atoms with van der Waals surface area (Å²) in [6.07, 6.45) is 1.89. The maximum atomic E-state index is 13.9. The zero-order valence-electron chi connectivity index (χ0n) is 23.2. The lowest BCUT2D eigenvalue weighted by atomic mass is 9.99. The summed E-state index contributed by atoms with van der Waals surface area (Å²) in [6, 6.07) is 25.0. The number of nitrogens with one attached hydrogen (secondary N) is 1. The zero-order chi connectivity index (χ0) is 29.1. The molecule has 0 bridgehead atoms. The molecule has 0 saturated carbocycles. The third-order valence-corrected chi connectivity index (χ3v) is 9.07. The number of hydrogen-bond donors (Lipinski definition) is 1. The van der Waals surface area contributed by atoms with Gasteiger partial charge in [0.25, 0.3) is 0 Å². The van der Waals surface area contributed by atoms with Crippen molar-refractivity contribution in [3.05, 3.63) is 95.0 Å². The fourth-order valence-electron chi connectivity index (χ4n) is 5.40. The number of amides is 2. The van der Waals surface area contributed by atoms with E-state index < -0.39 is 0 Å². The van der Waals surface area contributed by atoms with E-state index in [0.717, 1.165) is 40.9 Å². The van der Waals surface area contributed by atoms with Gasteiger partial charge >= 0.3 is 0 Å². The highest BCUT2D eigenvalue weighted by Crippen LogP contribution is 2.49. The average molecular weight is 603 g/mol. The van der Waals surface area contributed by atoms with Crippen LogP contribution in [0.3, 0.4) is 0 Å². The quantitative estimate of drug-likeness (QED) is 0.280. The Morgan fingerprint density at radius 1 is 1.10 bits per heavy atom. The van der Waals surface area contributed by atoms with E-state index in [4.69, 9.17) is 26.2 Å². The first-order valence-corrected chi connectivity index (χ1v) is 15.3. The molecular weight excluding hydrogens is 572 g/mol. The number of carbonyl (C=O) groups excluding carboxylic acids is 2. The Morgan fingerprint density at radius 2 is 1.86 bits per heavy atom. The van der Waals surface area contributed by atoms with Crippen molar-refractivity contribution >= 4 is 41.0 Å². The molecular formula is C32H31ClN4O4S. The van der Waals surface area contributed by atoms with Crippen LogP contribution >= 0.6 is 23.4 Å². The van der Waals surface area contributed by atoms with E-state index in [2.05, 4.69) is 5.32 Å². The van der Waals surface area contributed by atoms with E-state index in [-0.39, 0.29) is 35.5 Å². The van der Waals surface area contributed by atoms with Gasteiger partial charge in [0.2, 0.25) is 11.8 Å². The molecule has 1 aromatic heterocycles. The largest absolute Gasteiger partial charge is 0.497 e. The summed E-state index contributed by atoms with van der Waals surface area (Å²) >= 11 is 8.25. The second-order valence-electron chi connectivity index (χ2n) is 10.2. The summed E-state index contributed by atoms with van der Waals surface area (Å²) in [4.78, 5) is 28.7. The molecule has 6 rings (SSSR count). The van der Waals surface area contributed by atoms with Gasteiger partial charge < -0.3 is 14.8 Å². The molecule has 2 aliphatic rings. The Hall–Kier alpha value is -3.79. The number of ether oxygens (including phenoxy) is 2. The van der Waals surface area contributed by atoms with Gasteiger partial charge in [0.1, 0.15) is 18.1 Å². The number of hydrogen-bond acceptors (Lipinski definition) is 6. The number of methoxy groups -OCH3 is 1. The van der Waals surface area contributed by atoms with Crippen LogP contribution in [0.5, 0.6) is 5.75 Å². The van der Waals surface area contributed by atoms with Crippen molar-refractivity contribution in [2.75, 3.05) is 37.5 Å². The lowest BCUT2D eigenvalue weighted by molar-refractivity contribution is -0.123. The summed E-state index contributed by atoms with van der Waals surface area (Å²) < 4.78 is 12.8. The van der Waals surface area contributed by atoms with Crippen molar-refractivity contribution in [3.63, 3.8) is 0 Å². The molecule has 3 heterocycles. The van der Waals surface area contributed by atoms with E-state index >= 15 is 0 Å². The molecule has 2 amide bonds. The van der Waals surface area contributed by atoms with Crippen LogP contribution < -0.4 is 15.0 Å². The molecule has 4 aromatic rings. The summed E-state index contributed by atoms with van der Waals surface area (Å²) in [5, 5.41) is 8.38. The number of fused-ring (bicyclic) bond motifs is 1. The second-order valence-corrected chi connectivity index (χ2v) is 11.7. The second kappa shape index (κ2) is 12.6. The average Bonchev–Trinajstić information content (AvgIpc) is 3.66. The molecule has 2 aliphatic heterocycles. The summed E-state index contributed by atoms with van der Waals surface area (Å²) in [5.41, 5.74) is 4.06. The smallest absolute Gasteiger partial charge is 0.240 e. The molecule has 0 aliphatic carbocycles. The number of thioether (sulfide) groups is 1. The minimum atomic E-state index is -0.306. The standard InChI is InChI=1S/C32H31ClN4O4S/c1-40-23-15-13-22(14-16-23)37-32-29(30(35-37)21-8-3-2-4-9-21)31(25-11-5-6-12-26(25)33)42-20-28(39)36(32)19-27(38)34-18-24-10-7-17-41-24/h2-6,8-9,11-16,24,31H,7,10,17-20H2,1H3,(H,34,38)/t24-,31+/m1/s1. The molecule has 8 nitrogen and oxygen atoms in total. The van der Waals surface area contributed by atoms with Crippen molar-refractivity contribution in [1.82, 2.24) is 15.1 Å². The lowest BCUT2D eigenvalue weighted by Gasteiger charge is -2.24. The molecule has 0 radical (unpaired) electrons. The highest BCUT2D eigenvalue weighted by molar-refractivity contribution is 8.00. The summed E-state index contributed by atoms with van der Waals surface area (Å²) in [5.74, 6) is 0.977. The first-order chi connectivity index (χ1) is 20.5. The maximum absolute atomic E-state index is 13.9. The van der Waals surface area contributed by atoms with Gasteiger partial charge in [-0.05, 0) is 48.7 Å². The molecule has 216 valence electrons. The molecule has 3 aromatic carbocycles. The first-order valence-electron chi connectivity index (χ1n) is 13.9. The van der Waals surface area contributed by atoms with Gasteiger partial charge in [0.15, 0.2) is 0 Å². The number of aromatic nitrogens is 2. The Bertz CT molecular complexity index is 1570. The van der Waals surface area contributed by atoms with Crippen molar-refractivity contribution in [2.45, 2.75) is 24.2 Å². The van der Waals surface area contributed by atoms with Crippen molar-refractivity contribution in [3.8, 4) is 22.7 Å². The number of carbonyl (C=O) groups is 2. The van der Waals surface area contributed by atoms with E-state index in [1.165, 1.54) is 11.8 Å². The van der Waals surface area contributed by atoms with Crippen molar-refractivity contribution in [1.29, 1.82) is 0 Å². The van der Waals surface area contributed by atoms with Gasteiger partial charge in [-0.15, -0.1) is 11.8 Å². The fourth-order valence-corrected chi connectivity index (χ4v) is 6.94. The highest BCUT2D eigenvalue weighted by Gasteiger charge is 2.38. The van der Waals surface area contributed by atoms with Crippen LogP contribution in [0.15, 0.2) is 78.9 Å². The van der Waals surface area contributed by atoms with Crippen molar-refractivity contribution < 1.29 is 19.1 Å². The SMILES string of the molecule is COc1ccc(-n2nc(-c3ccccc3)c3c2N(CC(=O)NC[C@H]2CCCO2)C(=O)CS[C@H]3c2ccccc2Cl)cc1. The Kier molecular flexibility index (Phi) is 8.51. The molecule has 10 heteroatoms. The van der Waals surface area contributed by atoms with E-state index in [9.17, 15) is 9.59 Å².